The molecule has 1 amide bonds. The standard InChI is InChI=1S/C23H23Cl2N3O5S2/c1-14-5-3-4-12-28(14)35(31,32)16-8-6-15(7-9-16)22(30)26-23-27(13-19(29)33-2)21-18(34-23)11-10-17(24)20(21)25/h6-11,14H,3-5,12-13H2,1-2H3. The third kappa shape index (κ3) is 5.17. The summed E-state index contributed by atoms with van der Waals surface area (Å²) in [7, 11) is -2.39. The van der Waals surface area contributed by atoms with Crippen LogP contribution in [0.3, 0.4) is 0 Å². The monoisotopic (exact) mass is 555 g/mol. The molecule has 0 radical (unpaired) electrons. The molecule has 0 aliphatic carbocycles. The summed E-state index contributed by atoms with van der Waals surface area (Å²) in [5, 5.41) is 0.535. The number of ether oxygens (including phenoxy) is 1. The lowest BCUT2D eigenvalue weighted by atomic mass is 10.1. The molecule has 1 fully saturated rings. The van der Waals surface area contributed by atoms with Crippen LogP contribution in [0, 0.1) is 0 Å². The van der Waals surface area contributed by atoms with Gasteiger partial charge in [0.1, 0.15) is 6.54 Å². The Morgan fingerprint density at radius 3 is 2.51 bits per heavy atom. The van der Waals surface area contributed by atoms with Crippen LogP contribution in [0.4, 0.5) is 0 Å². The zero-order valence-corrected chi connectivity index (χ0v) is 22.2. The molecule has 0 bridgehead atoms. The molecular weight excluding hydrogens is 533 g/mol. The van der Waals surface area contributed by atoms with Gasteiger partial charge in [-0.05, 0) is 56.2 Å². The van der Waals surface area contributed by atoms with Crippen molar-refractivity contribution in [3.63, 3.8) is 0 Å². The van der Waals surface area contributed by atoms with E-state index in [1.54, 1.807) is 12.1 Å². The summed E-state index contributed by atoms with van der Waals surface area (Å²) in [4.78, 5) is 29.5. The summed E-state index contributed by atoms with van der Waals surface area (Å²) < 4.78 is 34.6. The predicted molar refractivity (Wildman–Crippen MR) is 135 cm³/mol. The Hall–Kier alpha value is -2.24. The number of nitrogens with zero attached hydrogens (tertiary/aromatic N) is 3. The fraction of sp³-hybridized carbons (Fsp3) is 0.348. The van der Waals surface area contributed by atoms with Gasteiger partial charge in [-0.15, -0.1) is 0 Å². The molecule has 0 N–H and O–H groups in total. The molecule has 0 spiro atoms. The molecule has 1 unspecified atom stereocenters. The number of amides is 1. The number of thiazole rings is 1. The van der Waals surface area contributed by atoms with E-state index in [9.17, 15) is 18.0 Å². The maximum Gasteiger partial charge on any atom is 0.325 e. The van der Waals surface area contributed by atoms with Crippen molar-refractivity contribution in [3.8, 4) is 0 Å². The highest BCUT2D eigenvalue weighted by atomic mass is 35.5. The van der Waals surface area contributed by atoms with Crippen molar-refractivity contribution in [1.82, 2.24) is 8.87 Å². The van der Waals surface area contributed by atoms with Crippen LogP contribution >= 0.6 is 34.5 Å². The Morgan fingerprint density at radius 2 is 1.86 bits per heavy atom. The molecule has 8 nitrogen and oxygen atoms in total. The van der Waals surface area contributed by atoms with E-state index in [1.165, 1.54) is 51.6 Å². The number of hydrogen-bond acceptors (Lipinski definition) is 6. The molecule has 186 valence electrons. The van der Waals surface area contributed by atoms with Crippen molar-refractivity contribution < 1.29 is 22.7 Å². The maximum absolute atomic E-state index is 13.1. The van der Waals surface area contributed by atoms with Crippen LogP contribution in [-0.4, -0.2) is 48.9 Å². The third-order valence-corrected chi connectivity index (χ3v) is 9.76. The summed E-state index contributed by atoms with van der Waals surface area (Å²) in [5.41, 5.74) is 0.681. The van der Waals surface area contributed by atoms with Gasteiger partial charge in [-0.1, -0.05) is 41.0 Å². The molecule has 0 saturated carbocycles. The summed E-state index contributed by atoms with van der Waals surface area (Å²) in [6.07, 6.45) is 2.66. The average Bonchev–Trinajstić information content (AvgIpc) is 3.18. The minimum Gasteiger partial charge on any atom is -0.468 e. The Morgan fingerprint density at radius 1 is 1.14 bits per heavy atom. The maximum atomic E-state index is 13.1. The van der Waals surface area contributed by atoms with E-state index in [-0.39, 0.29) is 32.9 Å². The van der Waals surface area contributed by atoms with E-state index < -0.39 is 21.9 Å². The number of hydrogen-bond donors (Lipinski definition) is 0. The summed E-state index contributed by atoms with van der Waals surface area (Å²) in [5.74, 6) is -1.14. The van der Waals surface area contributed by atoms with Crippen LogP contribution in [0.5, 0.6) is 0 Å². The van der Waals surface area contributed by atoms with Gasteiger partial charge < -0.3 is 9.30 Å². The topological polar surface area (TPSA) is 98.0 Å². The van der Waals surface area contributed by atoms with Crippen LogP contribution < -0.4 is 4.80 Å². The van der Waals surface area contributed by atoms with Gasteiger partial charge in [-0.3, -0.25) is 9.59 Å². The highest BCUT2D eigenvalue weighted by Gasteiger charge is 2.31. The summed E-state index contributed by atoms with van der Waals surface area (Å²) in [6.45, 7) is 2.17. The molecule has 4 rings (SSSR count). The van der Waals surface area contributed by atoms with Crippen molar-refractivity contribution in [3.05, 3.63) is 56.8 Å². The van der Waals surface area contributed by atoms with Crippen LogP contribution in [0.1, 0.15) is 36.5 Å². The van der Waals surface area contributed by atoms with Crippen LogP contribution in [-0.2, 0) is 26.1 Å². The lowest BCUT2D eigenvalue weighted by Gasteiger charge is -2.32. The number of piperidine rings is 1. The quantitative estimate of drug-likeness (QED) is 0.432. The lowest BCUT2D eigenvalue weighted by Crippen LogP contribution is -2.41. The van der Waals surface area contributed by atoms with E-state index in [4.69, 9.17) is 27.9 Å². The van der Waals surface area contributed by atoms with Crippen molar-refractivity contribution >= 4 is 66.7 Å². The van der Waals surface area contributed by atoms with E-state index in [0.717, 1.165) is 19.3 Å². The highest BCUT2D eigenvalue weighted by molar-refractivity contribution is 7.89. The Labute approximate surface area is 216 Å². The van der Waals surface area contributed by atoms with Crippen molar-refractivity contribution in [2.24, 2.45) is 4.99 Å². The molecule has 35 heavy (non-hydrogen) atoms. The van der Waals surface area contributed by atoms with Crippen LogP contribution in [0.25, 0.3) is 10.2 Å². The summed E-state index contributed by atoms with van der Waals surface area (Å²) >= 11 is 13.7. The van der Waals surface area contributed by atoms with Crippen molar-refractivity contribution in [1.29, 1.82) is 0 Å². The molecule has 1 atom stereocenters. The van der Waals surface area contributed by atoms with Crippen LogP contribution in [0.15, 0.2) is 46.3 Å². The van der Waals surface area contributed by atoms with E-state index in [1.807, 2.05) is 6.92 Å². The third-order valence-electron chi connectivity index (χ3n) is 5.90. The van der Waals surface area contributed by atoms with E-state index in [2.05, 4.69) is 4.99 Å². The van der Waals surface area contributed by atoms with Gasteiger partial charge in [0.15, 0.2) is 4.80 Å². The first kappa shape index (κ1) is 25.8. The Balaban J connectivity index is 1.70. The first-order chi connectivity index (χ1) is 16.6. The molecule has 2 heterocycles. The second kappa shape index (κ2) is 10.4. The van der Waals surface area contributed by atoms with Gasteiger partial charge in [0, 0.05) is 18.2 Å². The van der Waals surface area contributed by atoms with Gasteiger partial charge in [-0.2, -0.15) is 9.30 Å². The van der Waals surface area contributed by atoms with Gasteiger partial charge in [0.2, 0.25) is 10.0 Å². The average molecular weight is 556 g/mol. The molecule has 12 heteroatoms. The van der Waals surface area contributed by atoms with Crippen LogP contribution in [0.2, 0.25) is 10.0 Å². The van der Waals surface area contributed by atoms with Gasteiger partial charge in [0.05, 0.1) is 32.3 Å². The van der Waals surface area contributed by atoms with Gasteiger partial charge in [-0.25, -0.2) is 8.42 Å². The van der Waals surface area contributed by atoms with E-state index >= 15 is 0 Å². The Kier molecular flexibility index (Phi) is 7.68. The fourth-order valence-electron chi connectivity index (χ4n) is 4.01. The second-order valence-corrected chi connectivity index (χ2v) is 11.8. The number of rotatable bonds is 5. The Bertz CT molecular complexity index is 1460. The number of aromatic nitrogens is 1. The number of sulfonamides is 1. The van der Waals surface area contributed by atoms with Gasteiger partial charge in [0.25, 0.3) is 5.91 Å². The number of carbonyl (C=O) groups is 2. The molecule has 1 aliphatic rings. The second-order valence-electron chi connectivity index (χ2n) is 8.16. The smallest absolute Gasteiger partial charge is 0.325 e. The number of methoxy groups -OCH3 is 1. The largest absolute Gasteiger partial charge is 0.468 e. The highest BCUT2D eigenvalue weighted by Crippen LogP contribution is 2.32. The zero-order valence-electron chi connectivity index (χ0n) is 19.0. The number of benzene rings is 2. The first-order valence-corrected chi connectivity index (χ1v) is 13.9. The molecular formula is C23H23Cl2N3O5S2. The molecule has 2 aromatic carbocycles. The molecule has 1 aliphatic heterocycles. The SMILES string of the molecule is COC(=O)Cn1c(=NC(=O)c2ccc(S(=O)(=O)N3CCCCC3C)cc2)sc2ccc(Cl)c(Cl)c21. The predicted octanol–water partition coefficient (Wildman–Crippen LogP) is 4.49. The zero-order chi connectivity index (χ0) is 25.3. The molecule has 3 aromatic rings. The van der Waals surface area contributed by atoms with E-state index in [0.29, 0.717) is 21.8 Å². The lowest BCUT2D eigenvalue weighted by molar-refractivity contribution is -0.141. The minimum atomic E-state index is -3.65. The number of fused-ring (bicyclic) bond motifs is 1. The summed E-state index contributed by atoms with van der Waals surface area (Å²) in [6, 6.07) is 9.01. The van der Waals surface area contributed by atoms with Crippen molar-refractivity contribution in [2.45, 2.75) is 43.7 Å². The van der Waals surface area contributed by atoms with Crippen molar-refractivity contribution in [2.75, 3.05) is 13.7 Å². The fourth-order valence-corrected chi connectivity index (χ4v) is 7.22. The number of esters is 1. The first-order valence-electron chi connectivity index (χ1n) is 10.9. The van der Waals surface area contributed by atoms with Gasteiger partial charge >= 0.3 is 5.97 Å². The number of halogens is 2. The molecule has 1 saturated heterocycles. The normalized spacial score (nSPS) is 17.6. The minimum absolute atomic E-state index is 0.0661. The molecule has 1 aromatic heterocycles. The number of carbonyl (C=O) groups excluding carboxylic acids is 2.